The number of methoxy groups -OCH3 is 2. The monoisotopic (exact) mass is 448 g/mol. The quantitative estimate of drug-likeness (QED) is 0.200. The van der Waals surface area contributed by atoms with Crippen molar-refractivity contribution in [1.29, 1.82) is 0 Å². The highest BCUT2D eigenvalue weighted by Crippen LogP contribution is 2.41. The lowest BCUT2D eigenvalue weighted by atomic mass is 9.97. The fraction of sp³-hybridized carbons (Fsp3) is 0.632. The Labute approximate surface area is 159 Å². The molecule has 24 heavy (non-hydrogen) atoms. The summed E-state index contributed by atoms with van der Waals surface area (Å²) in [6.07, 6.45) is 8.68. The second-order valence-corrected chi connectivity index (χ2v) is 7.07. The van der Waals surface area contributed by atoms with Gasteiger partial charge < -0.3 is 14.6 Å². The first kappa shape index (κ1) is 21.1. The maximum atomic E-state index is 12.5. The van der Waals surface area contributed by atoms with E-state index in [1.807, 2.05) is 6.92 Å². The molecule has 5 heteroatoms. The first-order chi connectivity index (χ1) is 11.6. The number of ether oxygens (including phenoxy) is 2. The summed E-state index contributed by atoms with van der Waals surface area (Å²) in [5.41, 5.74) is 1.07. The number of aryl methyl sites for hydroxylation is 1. The van der Waals surface area contributed by atoms with Gasteiger partial charge in [0.2, 0.25) is 5.75 Å². The molecule has 0 atom stereocenters. The average molecular weight is 448 g/mol. The highest BCUT2D eigenvalue weighted by Gasteiger charge is 2.21. The molecule has 0 aliphatic carbocycles. The Kier molecular flexibility index (Phi) is 10.1. The van der Waals surface area contributed by atoms with Crippen molar-refractivity contribution in [3.05, 3.63) is 17.2 Å². The van der Waals surface area contributed by atoms with Gasteiger partial charge in [0.25, 0.3) is 0 Å². The highest BCUT2D eigenvalue weighted by molar-refractivity contribution is 14.1. The van der Waals surface area contributed by atoms with E-state index in [0.29, 0.717) is 23.3 Å². The lowest BCUT2D eigenvalue weighted by Gasteiger charge is -2.15. The van der Waals surface area contributed by atoms with Gasteiger partial charge in [-0.3, -0.25) is 4.79 Å². The van der Waals surface area contributed by atoms with Crippen molar-refractivity contribution in [2.75, 3.05) is 18.6 Å². The fourth-order valence-corrected chi connectivity index (χ4v) is 3.38. The van der Waals surface area contributed by atoms with Crippen LogP contribution in [0.4, 0.5) is 0 Å². The third-order valence-electron chi connectivity index (χ3n) is 4.16. The van der Waals surface area contributed by atoms with Crippen molar-refractivity contribution in [3.8, 4) is 17.2 Å². The van der Waals surface area contributed by atoms with Crippen LogP contribution in [0.15, 0.2) is 6.07 Å². The number of ketones is 1. The van der Waals surface area contributed by atoms with Crippen molar-refractivity contribution in [2.24, 2.45) is 0 Å². The van der Waals surface area contributed by atoms with Crippen LogP contribution in [0.3, 0.4) is 0 Å². The first-order valence-electron chi connectivity index (χ1n) is 8.60. The Morgan fingerprint density at radius 2 is 1.62 bits per heavy atom. The topological polar surface area (TPSA) is 55.8 Å². The van der Waals surface area contributed by atoms with Crippen LogP contribution in [0.1, 0.15) is 67.3 Å². The molecular formula is C19H29IO4. The van der Waals surface area contributed by atoms with Crippen molar-refractivity contribution >= 4 is 28.4 Å². The molecule has 0 saturated carbocycles. The number of aromatic hydroxyl groups is 1. The Balaban J connectivity index is 2.53. The van der Waals surface area contributed by atoms with Gasteiger partial charge in [0.15, 0.2) is 17.3 Å². The lowest BCUT2D eigenvalue weighted by Crippen LogP contribution is -2.05. The summed E-state index contributed by atoms with van der Waals surface area (Å²) in [6.45, 7) is 1.81. The van der Waals surface area contributed by atoms with Gasteiger partial charge in [0, 0.05) is 6.42 Å². The SMILES string of the molecule is COc1cc(C)c(C(=O)CCCCCCCCCI)c(O)c1OC. The number of hydrogen-bond donors (Lipinski definition) is 1. The summed E-state index contributed by atoms with van der Waals surface area (Å²) in [6, 6.07) is 1.74. The third kappa shape index (κ3) is 6.15. The van der Waals surface area contributed by atoms with E-state index in [9.17, 15) is 9.90 Å². The Morgan fingerprint density at radius 3 is 2.17 bits per heavy atom. The van der Waals surface area contributed by atoms with Crippen molar-refractivity contribution in [3.63, 3.8) is 0 Å². The maximum Gasteiger partial charge on any atom is 0.203 e. The van der Waals surface area contributed by atoms with Crippen LogP contribution in [0, 0.1) is 6.92 Å². The number of phenols is 1. The molecule has 4 nitrogen and oxygen atoms in total. The predicted molar refractivity (Wildman–Crippen MR) is 106 cm³/mol. The smallest absolute Gasteiger partial charge is 0.203 e. The van der Waals surface area contributed by atoms with E-state index in [2.05, 4.69) is 22.6 Å². The molecule has 0 spiro atoms. The van der Waals surface area contributed by atoms with Crippen LogP contribution in [-0.2, 0) is 0 Å². The standard InChI is InChI=1S/C19H29IO4/c1-14-13-16(23-2)19(24-3)18(22)17(14)15(21)11-9-7-5-4-6-8-10-12-20/h13,22H,4-12H2,1-3H3. The number of carbonyl (C=O) groups excluding carboxylic acids is 1. The average Bonchev–Trinajstić information content (AvgIpc) is 2.56. The minimum atomic E-state index is -0.113. The molecule has 0 aliphatic heterocycles. The number of alkyl halides is 1. The number of rotatable bonds is 12. The summed E-state index contributed by atoms with van der Waals surface area (Å²) in [7, 11) is 2.97. The second kappa shape index (κ2) is 11.6. The van der Waals surface area contributed by atoms with Gasteiger partial charge in [-0.2, -0.15) is 0 Å². The van der Waals surface area contributed by atoms with Crippen molar-refractivity contribution in [2.45, 2.75) is 58.3 Å². The minimum Gasteiger partial charge on any atom is -0.504 e. The van der Waals surface area contributed by atoms with Gasteiger partial charge in [0.05, 0.1) is 19.8 Å². The molecule has 0 amide bonds. The van der Waals surface area contributed by atoms with Gasteiger partial charge in [-0.15, -0.1) is 0 Å². The van der Waals surface area contributed by atoms with E-state index < -0.39 is 0 Å². The molecule has 0 bridgehead atoms. The molecule has 0 aromatic heterocycles. The number of phenolic OH excluding ortho intramolecular Hbond substituents is 1. The first-order valence-corrected chi connectivity index (χ1v) is 10.1. The zero-order chi connectivity index (χ0) is 17.9. The van der Waals surface area contributed by atoms with Crippen LogP contribution in [0.25, 0.3) is 0 Å². The molecule has 1 aromatic rings. The zero-order valence-corrected chi connectivity index (χ0v) is 17.1. The number of hydrogen-bond acceptors (Lipinski definition) is 4. The maximum absolute atomic E-state index is 12.5. The summed E-state index contributed by atoms with van der Waals surface area (Å²) < 4.78 is 11.6. The van der Waals surface area contributed by atoms with E-state index in [1.165, 1.54) is 50.8 Å². The molecule has 1 rings (SSSR count). The zero-order valence-electron chi connectivity index (χ0n) is 15.0. The predicted octanol–water partition coefficient (Wildman–Crippen LogP) is 5.46. The lowest BCUT2D eigenvalue weighted by molar-refractivity contribution is 0.0975. The number of halogens is 1. The third-order valence-corrected chi connectivity index (χ3v) is 4.92. The molecule has 1 N–H and O–H groups in total. The van der Waals surface area contributed by atoms with E-state index in [1.54, 1.807) is 6.07 Å². The van der Waals surface area contributed by atoms with Gasteiger partial charge in [0.1, 0.15) is 0 Å². The molecule has 0 unspecified atom stereocenters. The van der Waals surface area contributed by atoms with Crippen LogP contribution in [0.5, 0.6) is 17.2 Å². The molecule has 1 aromatic carbocycles. The molecule has 0 radical (unpaired) electrons. The van der Waals surface area contributed by atoms with Crippen LogP contribution in [-0.4, -0.2) is 29.5 Å². The van der Waals surface area contributed by atoms with E-state index in [-0.39, 0.29) is 17.3 Å². The van der Waals surface area contributed by atoms with E-state index >= 15 is 0 Å². The Hall–Kier alpha value is -0.980. The molecular weight excluding hydrogens is 419 g/mol. The van der Waals surface area contributed by atoms with E-state index in [0.717, 1.165) is 12.8 Å². The molecule has 0 fully saturated rings. The largest absolute Gasteiger partial charge is 0.504 e. The number of carbonyl (C=O) groups is 1. The van der Waals surface area contributed by atoms with Gasteiger partial charge in [-0.1, -0.05) is 54.7 Å². The Morgan fingerprint density at radius 1 is 1.04 bits per heavy atom. The van der Waals surface area contributed by atoms with Crippen LogP contribution in [0.2, 0.25) is 0 Å². The highest BCUT2D eigenvalue weighted by atomic mass is 127. The number of Topliss-reactive ketones (excluding diaryl/α,β-unsaturated/α-hetero) is 1. The van der Waals surface area contributed by atoms with Crippen LogP contribution >= 0.6 is 22.6 Å². The van der Waals surface area contributed by atoms with Gasteiger partial charge in [-0.25, -0.2) is 0 Å². The normalized spacial score (nSPS) is 10.7. The van der Waals surface area contributed by atoms with Gasteiger partial charge >= 0.3 is 0 Å². The van der Waals surface area contributed by atoms with Crippen molar-refractivity contribution < 1.29 is 19.4 Å². The summed E-state index contributed by atoms with van der Waals surface area (Å²) in [5, 5.41) is 10.3. The summed E-state index contributed by atoms with van der Waals surface area (Å²) in [5.74, 6) is 0.520. The van der Waals surface area contributed by atoms with Gasteiger partial charge in [-0.05, 0) is 35.8 Å². The second-order valence-electron chi connectivity index (χ2n) is 5.99. The summed E-state index contributed by atoms with van der Waals surface area (Å²) in [4.78, 5) is 12.5. The molecule has 0 heterocycles. The number of benzene rings is 1. The minimum absolute atomic E-state index is 0.0316. The summed E-state index contributed by atoms with van der Waals surface area (Å²) >= 11 is 2.41. The Bertz CT molecular complexity index is 529. The molecule has 136 valence electrons. The van der Waals surface area contributed by atoms with Crippen molar-refractivity contribution in [1.82, 2.24) is 0 Å². The van der Waals surface area contributed by atoms with Crippen LogP contribution < -0.4 is 9.47 Å². The fourth-order valence-electron chi connectivity index (χ4n) is 2.84. The molecule has 0 aliphatic rings. The molecule has 0 saturated heterocycles. The number of unbranched alkanes of at least 4 members (excludes halogenated alkanes) is 6. The van der Waals surface area contributed by atoms with E-state index in [4.69, 9.17) is 9.47 Å².